The number of hydrogen-bond donors (Lipinski definition) is 2. The molecule has 0 bridgehead atoms. The number of hydrogen-bond acceptors (Lipinski definition) is 4. The lowest BCUT2D eigenvalue weighted by molar-refractivity contribution is -0.147. The van der Waals surface area contributed by atoms with Crippen molar-refractivity contribution in [2.75, 3.05) is 13.2 Å². The van der Waals surface area contributed by atoms with Crippen LogP contribution in [-0.4, -0.2) is 35.5 Å². The molecule has 0 saturated carbocycles. The Balaban J connectivity index is 3.17. The SMILES string of the molecule is CCCCCCCC/C=C\CCCCCCCCCCCCCC(=O)OCC(O)CO. The van der Waals surface area contributed by atoms with E-state index in [4.69, 9.17) is 14.9 Å². The van der Waals surface area contributed by atoms with E-state index >= 15 is 0 Å². The van der Waals surface area contributed by atoms with Crippen molar-refractivity contribution in [3.05, 3.63) is 12.2 Å². The number of allylic oxidation sites excluding steroid dienone is 2. The van der Waals surface area contributed by atoms with Crippen LogP contribution in [0.4, 0.5) is 0 Å². The van der Waals surface area contributed by atoms with Crippen LogP contribution < -0.4 is 0 Å². The number of carbonyl (C=O) groups is 1. The summed E-state index contributed by atoms with van der Waals surface area (Å²) in [6, 6.07) is 0. The van der Waals surface area contributed by atoms with Gasteiger partial charge in [-0.3, -0.25) is 4.79 Å². The van der Waals surface area contributed by atoms with Gasteiger partial charge in [-0.2, -0.15) is 0 Å². The van der Waals surface area contributed by atoms with Crippen LogP contribution in [0.3, 0.4) is 0 Å². The summed E-state index contributed by atoms with van der Waals surface area (Å²) < 4.78 is 4.89. The molecule has 0 fully saturated rings. The van der Waals surface area contributed by atoms with Crippen LogP contribution >= 0.6 is 0 Å². The highest BCUT2D eigenvalue weighted by atomic mass is 16.5. The summed E-state index contributed by atoms with van der Waals surface area (Å²) in [5.74, 6) is -0.277. The average molecular weight is 441 g/mol. The second kappa shape index (κ2) is 25.4. The standard InChI is InChI=1S/C27H52O4/c1-2-3-4-5-6-7-8-9-10-11-12-13-14-15-16-17-18-19-20-21-22-23-27(30)31-25-26(29)24-28/h9-10,26,28-29H,2-8,11-25H2,1H3/b10-9-. The van der Waals surface area contributed by atoms with Gasteiger partial charge in [0, 0.05) is 6.42 Å². The van der Waals surface area contributed by atoms with Gasteiger partial charge in [0.2, 0.25) is 0 Å². The Bertz CT molecular complexity index is 395. The van der Waals surface area contributed by atoms with Crippen LogP contribution in [0.25, 0.3) is 0 Å². The molecule has 0 spiro atoms. The Kier molecular flexibility index (Phi) is 24.7. The minimum atomic E-state index is -0.958. The first-order valence-corrected chi connectivity index (χ1v) is 13.3. The number of carbonyl (C=O) groups excluding carboxylic acids is 1. The largest absolute Gasteiger partial charge is 0.463 e. The highest BCUT2D eigenvalue weighted by molar-refractivity contribution is 5.69. The summed E-state index contributed by atoms with van der Waals surface area (Å²) in [5.41, 5.74) is 0. The van der Waals surface area contributed by atoms with Crippen molar-refractivity contribution in [1.82, 2.24) is 0 Å². The Morgan fingerprint density at radius 2 is 1.13 bits per heavy atom. The molecule has 4 heteroatoms. The maximum atomic E-state index is 11.4. The number of aliphatic hydroxyl groups is 2. The third kappa shape index (κ3) is 25.3. The molecule has 0 rings (SSSR count). The van der Waals surface area contributed by atoms with Gasteiger partial charge in [0.05, 0.1) is 6.61 Å². The fraction of sp³-hybridized carbons (Fsp3) is 0.889. The Morgan fingerprint density at radius 3 is 1.58 bits per heavy atom. The Labute approximate surface area is 192 Å². The summed E-state index contributed by atoms with van der Waals surface area (Å²) >= 11 is 0. The quantitative estimate of drug-likeness (QED) is 0.0941. The van der Waals surface area contributed by atoms with Crippen molar-refractivity contribution in [2.45, 2.75) is 141 Å². The molecule has 0 aromatic heterocycles. The van der Waals surface area contributed by atoms with Crippen molar-refractivity contribution in [3.8, 4) is 0 Å². The summed E-state index contributed by atoms with van der Waals surface area (Å²) in [7, 11) is 0. The Hall–Kier alpha value is -0.870. The third-order valence-corrected chi connectivity index (χ3v) is 5.79. The fourth-order valence-corrected chi connectivity index (χ4v) is 3.71. The molecular formula is C27H52O4. The summed E-state index contributed by atoms with van der Waals surface area (Å²) in [5, 5.41) is 17.8. The van der Waals surface area contributed by atoms with E-state index in [0.29, 0.717) is 6.42 Å². The predicted molar refractivity (Wildman–Crippen MR) is 131 cm³/mol. The second-order valence-corrected chi connectivity index (χ2v) is 8.98. The van der Waals surface area contributed by atoms with Crippen molar-refractivity contribution in [2.24, 2.45) is 0 Å². The van der Waals surface area contributed by atoms with Crippen LogP contribution in [0, 0.1) is 0 Å². The molecule has 2 N–H and O–H groups in total. The van der Waals surface area contributed by atoms with Crippen LogP contribution in [-0.2, 0) is 9.53 Å². The van der Waals surface area contributed by atoms with E-state index in [1.54, 1.807) is 0 Å². The van der Waals surface area contributed by atoms with Crippen LogP contribution in [0.5, 0.6) is 0 Å². The van der Waals surface area contributed by atoms with Gasteiger partial charge >= 0.3 is 5.97 Å². The third-order valence-electron chi connectivity index (χ3n) is 5.79. The number of esters is 1. The van der Waals surface area contributed by atoms with Gasteiger partial charge in [-0.15, -0.1) is 0 Å². The zero-order valence-corrected chi connectivity index (χ0v) is 20.5. The molecule has 0 aliphatic rings. The lowest BCUT2D eigenvalue weighted by atomic mass is 10.0. The average Bonchev–Trinajstić information content (AvgIpc) is 2.78. The van der Waals surface area contributed by atoms with Crippen molar-refractivity contribution in [3.63, 3.8) is 0 Å². The van der Waals surface area contributed by atoms with Crippen molar-refractivity contribution in [1.29, 1.82) is 0 Å². The van der Waals surface area contributed by atoms with E-state index < -0.39 is 6.10 Å². The highest BCUT2D eigenvalue weighted by Gasteiger charge is 2.07. The molecule has 1 atom stereocenters. The van der Waals surface area contributed by atoms with Crippen molar-refractivity contribution >= 4 is 5.97 Å². The number of ether oxygens (including phenoxy) is 1. The van der Waals surface area contributed by atoms with E-state index in [9.17, 15) is 4.79 Å². The molecule has 0 aromatic rings. The van der Waals surface area contributed by atoms with Gasteiger partial charge in [0.25, 0.3) is 0 Å². The summed E-state index contributed by atoms with van der Waals surface area (Å²) in [6.07, 6.45) is 28.9. The van der Waals surface area contributed by atoms with Crippen LogP contribution in [0.1, 0.15) is 135 Å². The lowest BCUT2D eigenvalue weighted by Crippen LogP contribution is -2.21. The summed E-state index contributed by atoms with van der Waals surface area (Å²) in [4.78, 5) is 11.4. The molecular weight excluding hydrogens is 388 g/mol. The van der Waals surface area contributed by atoms with E-state index in [-0.39, 0.29) is 19.2 Å². The van der Waals surface area contributed by atoms with E-state index in [2.05, 4.69) is 19.1 Å². The first kappa shape index (κ1) is 30.1. The first-order chi connectivity index (χ1) is 15.2. The summed E-state index contributed by atoms with van der Waals surface area (Å²) in [6.45, 7) is 1.80. The van der Waals surface area contributed by atoms with Gasteiger partial charge in [-0.05, 0) is 32.1 Å². The van der Waals surface area contributed by atoms with Gasteiger partial charge in [0.15, 0.2) is 0 Å². The number of rotatable bonds is 24. The van der Waals surface area contributed by atoms with Crippen molar-refractivity contribution < 1.29 is 19.7 Å². The Morgan fingerprint density at radius 1 is 0.710 bits per heavy atom. The predicted octanol–water partition coefficient (Wildman–Crippen LogP) is 7.26. The monoisotopic (exact) mass is 440 g/mol. The molecule has 0 amide bonds. The topological polar surface area (TPSA) is 66.8 Å². The zero-order valence-electron chi connectivity index (χ0n) is 20.5. The number of aliphatic hydroxyl groups excluding tert-OH is 2. The molecule has 1 unspecified atom stereocenters. The molecule has 0 aliphatic heterocycles. The molecule has 0 heterocycles. The van der Waals surface area contributed by atoms with Crippen LogP contribution in [0.15, 0.2) is 12.2 Å². The first-order valence-electron chi connectivity index (χ1n) is 13.3. The molecule has 0 radical (unpaired) electrons. The van der Waals surface area contributed by atoms with E-state index in [0.717, 1.165) is 12.8 Å². The maximum Gasteiger partial charge on any atom is 0.305 e. The molecule has 0 aliphatic carbocycles. The van der Waals surface area contributed by atoms with Gasteiger partial charge < -0.3 is 14.9 Å². The maximum absolute atomic E-state index is 11.4. The van der Waals surface area contributed by atoms with Gasteiger partial charge in [0.1, 0.15) is 12.7 Å². The minimum absolute atomic E-state index is 0.106. The fourth-order valence-electron chi connectivity index (χ4n) is 3.71. The molecule has 0 saturated heterocycles. The lowest BCUT2D eigenvalue weighted by Gasteiger charge is -2.08. The number of unbranched alkanes of at least 4 members (excludes halogenated alkanes) is 17. The smallest absolute Gasteiger partial charge is 0.305 e. The highest BCUT2D eigenvalue weighted by Crippen LogP contribution is 2.13. The normalized spacial score (nSPS) is 12.5. The van der Waals surface area contributed by atoms with Gasteiger partial charge in [-0.25, -0.2) is 0 Å². The molecule has 4 nitrogen and oxygen atoms in total. The van der Waals surface area contributed by atoms with E-state index in [1.165, 1.54) is 109 Å². The molecule has 0 aromatic carbocycles. The molecule has 31 heavy (non-hydrogen) atoms. The molecule has 184 valence electrons. The van der Waals surface area contributed by atoms with Crippen LogP contribution in [0.2, 0.25) is 0 Å². The van der Waals surface area contributed by atoms with E-state index in [1.807, 2.05) is 0 Å². The zero-order chi connectivity index (χ0) is 22.8. The second-order valence-electron chi connectivity index (χ2n) is 8.98. The van der Waals surface area contributed by atoms with Gasteiger partial charge in [-0.1, -0.05) is 109 Å². The minimum Gasteiger partial charge on any atom is -0.463 e.